The van der Waals surface area contributed by atoms with Crippen LogP contribution >= 0.6 is 0 Å². The van der Waals surface area contributed by atoms with Gasteiger partial charge < -0.3 is 29.2 Å². The van der Waals surface area contributed by atoms with E-state index in [1.165, 1.54) is 0 Å². The van der Waals surface area contributed by atoms with Crippen LogP contribution in [0.5, 0.6) is 23.0 Å². The number of hydrogen-bond donors (Lipinski definition) is 1. The molecule has 1 atom stereocenters. The third-order valence-corrected chi connectivity index (χ3v) is 5.15. The molecule has 2 amide bonds. The number of carbonyl (C=O) groups excluding carboxylic acids is 2. The fraction of sp³-hybridized carbons (Fsp3) is 0.391. The van der Waals surface area contributed by atoms with Crippen molar-refractivity contribution >= 4 is 23.2 Å². The first-order valence-corrected chi connectivity index (χ1v) is 10.5. The zero-order valence-electron chi connectivity index (χ0n) is 17.7. The van der Waals surface area contributed by atoms with Crippen molar-refractivity contribution in [3.8, 4) is 23.0 Å². The molecule has 0 aliphatic carbocycles. The largest absolute Gasteiger partial charge is 0.494 e. The number of ether oxygens (including phenoxy) is 4. The molecule has 1 unspecified atom stereocenters. The number of nitrogens with one attached hydrogen (secondary N) is 1. The summed E-state index contributed by atoms with van der Waals surface area (Å²) in [5, 5.41) is 2.91. The molecule has 4 rings (SSSR count). The Kier molecular flexibility index (Phi) is 6.16. The van der Waals surface area contributed by atoms with E-state index in [0.29, 0.717) is 67.3 Å². The molecular weight excluding hydrogens is 400 g/mol. The maximum atomic E-state index is 13.0. The minimum atomic E-state index is -0.481. The predicted octanol–water partition coefficient (Wildman–Crippen LogP) is 3.25. The molecule has 8 nitrogen and oxygen atoms in total. The van der Waals surface area contributed by atoms with Gasteiger partial charge in [0.15, 0.2) is 11.5 Å². The van der Waals surface area contributed by atoms with Gasteiger partial charge in [-0.05, 0) is 38.1 Å². The van der Waals surface area contributed by atoms with Crippen molar-refractivity contribution in [1.29, 1.82) is 0 Å². The first-order chi connectivity index (χ1) is 15.1. The van der Waals surface area contributed by atoms with E-state index in [4.69, 9.17) is 18.9 Å². The number of hydrogen-bond acceptors (Lipinski definition) is 6. The molecule has 2 aromatic rings. The van der Waals surface area contributed by atoms with Crippen LogP contribution in [0.1, 0.15) is 20.3 Å². The van der Waals surface area contributed by atoms with Crippen molar-refractivity contribution < 1.29 is 28.5 Å². The molecule has 0 saturated carbocycles. The van der Waals surface area contributed by atoms with Gasteiger partial charge in [-0.15, -0.1) is 0 Å². The Bertz CT molecular complexity index is 977. The number of carbonyl (C=O) groups is 2. The molecule has 8 heteroatoms. The topological polar surface area (TPSA) is 86.3 Å². The summed E-state index contributed by atoms with van der Waals surface area (Å²) in [6, 6.07) is 10.7. The van der Waals surface area contributed by atoms with Gasteiger partial charge in [-0.3, -0.25) is 9.59 Å². The minimum absolute atomic E-state index is 0.107. The van der Waals surface area contributed by atoms with Gasteiger partial charge in [0.1, 0.15) is 24.7 Å². The monoisotopic (exact) mass is 426 g/mol. The van der Waals surface area contributed by atoms with Gasteiger partial charge in [-0.1, -0.05) is 0 Å². The Morgan fingerprint density at radius 2 is 1.84 bits per heavy atom. The van der Waals surface area contributed by atoms with Gasteiger partial charge in [-0.25, -0.2) is 0 Å². The molecule has 1 fully saturated rings. The van der Waals surface area contributed by atoms with Crippen molar-refractivity contribution in [2.45, 2.75) is 20.3 Å². The van der Waals surface area contributed by atoms with Crippen molar-refractivity contribution in [2.75, 3.05) is 43.2 Å². The average Bonchev–Trinajstić information content (AvgIpc) is 3.17. The van der Waals surface area contributed by atoms with Gasteiger partial charge >= 0.3 is 0 Å². The Morgan fingerprint density at radius 3 is 2.61 bits per heavy atom. The number of rotatable bonds is 7. The standard InChI is InChI=1S/C23H26N2O6/c1-3-28-17-6-8-19(29-4-2)18(13-17)24-23(27)15-11-22(26)25(14-15)16-5-7-20-21(12-16)31-10-9-30-20/h5-8,12-13,15H,3-4,9-11,14H2,1-2H3,(H,24,27). The van der Waals surface area contributed by atoms with Crippen LogP contribution in [0.3, 0.4) is 0 Å². The zero-order valence-corrected chi connectivity index (χ0v) is 17.7. The van der Waals surface area contributed by atoms with E-state index in [9.17, 15) is 9.59 Å². The lowest BCUT2D eigenvalue weighted by molar-refractivity contribution is -0.122. The van der Waals surface area contributed by atoms with E-state index in [1.54, 1.807) is 35.2 Å². The predicted molar refractivity (Wildman–Crippen MR) is 115 cm³/mol. The van der Waals surface area contributed by atoms with Gasteiger partial charge in [0.25, 0.3) is 0 Å². The highest BCUT2D eigenvalue weighted by Gasteiger charge is 2.36. The zero-order chi connectivity index (χ0) is 21.8. The lowest BCUT2D eigenvalue weighted by Gasteiger charge is -2.22. The fourth-order valence-electron chi connectivity index (χ4n) is 3.71. The van der Waals surface area contributed by atoms with Crippen molar-refractivity contribution in [2.24, 2.45) is 5.92 Å². The first-order valence-electron chi connectivity index (χ1n) is 10.5. The van der Waals surface area contributed by atoms with Crippen LogP contribution in [0.2, 0.25) is 0 Å². The Balaban J connectivity index is 1.48. The second kappa shape index (κ2) is 9.16. The van der Waals surface area contributed by atoms with E-state index in [0.717, 1.165) is 0 Å². The van der Waals surface area contributed by atoms with E-state index >= 15 is 0 Å². The minimum Gasteiger partial charge on any atom is -0.494 e. The molecule has 0 spiro atoms. The molecule has 2 aromatic carbocycles. The van der Waals surface area contributed by atoms with Crippen molar-refractivity contribution in [3.05, 3.63) is 36.4 Å². The number of anilines is 2. The molecular formula is C23H26N2O6. The maximum absolute atomic E-state index is 13.0. The van der Waals surface area contributed by atoms with E-state index in [1.807, 2.05) is 19.9 Å². The lowest BCUT2D eigenvalue weighted by Crippen LogP contribution is -2.28. The SMILES string of the molecule is CCOc1ccc(OCC)c(NC(=O)C2CC(=O)N(c3ccc4c(c3)OCCO4)C2)c1. The third-order valence-electron chi connectivity index (χ3n) is 5.15. The van der Waals surface area contributed by atoms with Crippen molar-refractivity contribution in [3.63, 3.8) is 0 Å². The van der Waals surface area contributed by atoms with Crippen LogP contribution < -0.4 is 29.2 Å². The van der Waals surface area contributed by atoms with Gasteiger partial charge in [-0.2, -0.15) is 0 Å². The summed E-state index contributed by atoms with van der Waals surface area (Å²) in [4.78, 5) is 27.2. The highest BCUT2D eigenvalue weighted by Crippen LogP contribution is 2.36. The van der Waals surface area contributed by atoms with E-state index in [-0.39, 0.29) is 18.2 Å². The summed E-state index contributed by atoms with van der Waals surface area (Å²) in [7, 11) is 0. The van der Waals surface area contributed by atoms with Crippen LogP contribution in [-0.4, -0.2) is 44.8 Å². The molecule has 2 heterocycles. The summed E-state index contributed by atoms with van der Waals surface area (Å²) in [5.41, 5.74) is 1.22. The molecule has 2 aliphatic heterocycles. The maximum Gasteiger partial charge on any atom is 0.229 e. The second-order valence-corrected chi connectivity index (χ2v) is 7.25. The first kappa shape index (κ1) is 20.8. The number of nitrogens with zero attached hydrogens (tertiary/aromatic N) is 1. The van der Waals surface area contributed by atoms with Gasteiger partial charge in [0.05, 0.1) is 24.8 Å². The van der Waals surface area contributed by atoms with Crippen LogP contribution in [0.4, 0.5) is 11.4 Å². The Hall–Kier alpha value is -3.42. The molecule has 0 aromatic heterocycles. The number of benzene rings is 2. The van der Waals surface area contributed by atoms with Gasteiger partial charge in [0.2, 0.25) is 11.8 Å². The van der Waals surface area contributed by atoms with Gasteiger partial charge in [0, 0.05) is 30.8 Å². The molecule has 1 N–H and O–H groups in total. The summed E-state index contributed by atoms with van der Waals surface area (Å²) in [6.07, 6.45) is 0.134. The fourth-order valence-corrected chi connectivity index (χ4v) is 3.71. The Morgan fingerprint density at radius 1 is 1.06 bits per heavy atom. The van der Waals surface area contributed by atoms with Crippen molar-refractivity contribution in [1.82, 2.24) is 0 Å². The highest BCUT2D eigenvalue weighted by molar-refractivity contribution is 6.04. The van der Waals surface area contributed by atoms with Crippen LogP contribution in [0, 0.1) is 5.92 Å². The third kappa shape index (κ3) is 4.52. The molecule has 1 saturated heterocycles. The lowest BCUT2D eigenvalue weighted by atomic mass is 10.1. The Labute approximate surface area is 181 Å². The van der Waals surface area contributed by atoms with E-state index < -0.39 is 5.92 Å². The molecule has 164 valence electrons. The molecule has 0 radical (unpaired) electrons. The van der Waals surface area contributed by atoms with Crippen LogP contribution in [0.15, 0.2) is 36.4 Å². The number of fused-ring (bicyclic) bond motifs is 1. The van der Waals surface area contributed by atoms with E-state index in [2.05, 4.69) is 5.32 Å². The molecule has 31 heavy (non-hydrogen) atoms. The smallest absolute Gasteiger partial charge is 0.229 e. The highest BCUT2D eigenvalue weighted by atomic mass is 16.6. The summed E-state index contributed by atoms with van der Waals surface area (Å²) in [6.45, 7) is 6.02. The average molecular weight is 426 g/mol. The second-order valence-electron chi connectivity index (χ2n) is 7.25. The van der Waals surface area contributed by atoms with Crippen LogP contribution in [0.25, 0.3) is 0 Å². The summed E-state index contributed by atoms with van der Waals surface area (Å²) >= 11 is 0. The summed E-state index contributed by atoms with van der Waals surface area (Å²) < 4.78 is 22.3. The molecule has 0 bridgehead atoms. The quantitative estimate of drug-likeness (QED) is 0.732. The summed E-state index contributed by atoms with van der Waals surface area (Å²) in [5.74, 6) is 1.65. The molecule has 2 aliphatic rings. The normalized spacial score (nSPS) is 17.4. The van der Waals surface area contributed by atoms with Crippen LogP contribution in [-0.2, 0) is 9.59 Å². The number of amides is 2.